The first kappa shape index (κ1) is 18.0. The lowest BCUT2D eigenvalue weighted by atomic mass is 9.88. The lowest BCUT2D eigenvalue weighted by molar-refractivity contribution is -0.0649. The topological polar surface area (TPSA) is 35.9 Å². The van der Waals surface area contributed by atoms with Crippen molar-refractivity contribution in [2.24, 2.45) is 0 Å². The van der Waals surface area contributed by atoms with Crippen LogP contribution < -0.4 is 4.74 Å². The first-order valence-electron chi connectivity index (χ1n) is 9.13. The van der Waals surface area contributed by atoms with Crippen LogP contribution in [0.4, 0.5) is 0 Å². The van der Waals surface area contributed by atoms with Gasteiger partial charge in [0.25, 0.3) is 0 Å². The summed E-state index contributed by atoms with van der Waals surface area (Å²) in [6, 6.07) is 8.30. The van der Waals surface area contributed by atoms with Crippen LogP contribution in [0, 0.1) is 0 Å². The third-order valence-electron chi connectivity index (χ3n) is 5.43. The van der Waals surface area contributed by atoms with Crippen LogP contribution in [-0.2, 0) is 0 Å². The van der Waals surface area contributed by atoms with E-state index < -0.39 is 6.10 Å². The lowest BCUT2D eigenvalue weighted by Gasteiger charge is -2.45. The van der Waals surface area contributed by atoms with Gasteiger partial charge in [-0.15, -0.1) is 0 Å². The molecule has 1 saturated heterocycles. The van der Waals surface area contributed by atoms with Gasteiger partial charge in [0.15, 0.2) is 0 Å². The second-order valence-electron chi connectivity index (χ2n) is 7.24. The molecular formula is C19H29ClN2O2. The summed E-state index contributed by atoms with van der Waals surface area (Å²) in [7, 11) is 0. The molecule has 0 spiro atoms. The van der Waals surface area contributed by atoms with Gasteiger partial charge in [-0.2, -0.15) is 0 Å². The average molecular weight is 353 g/mol. The van der Waals surface area contributed by atoms with E-state index in [-0.39, 0.29) is 12.1 Å². The highest BCUT2D eigenvalue weighted by molar-refractivity contribution is 6.32. The maximum absolute atomic E-state index is 10.9. The molecule has 1 aromatic carbocycles. The predicted molar refractivity (Wildman–Crippen MR) is 97.8 cm³/mol. The van der Waals surface area contributed by atoms with Gasteiger partial charge in [-0.3, -0.25) is 9.80 Å². The van der Waals surface area contributed by atoms with Crippen molar-refractivity contribution in [2.45, 2.75) is 57.4 Å². The molecule has 3 rings (SSSR count). The molecule has 0 radical (unpaired) electrons. The smallest absolute Gasteiger partial charge is 0.138 e. The Balaban J connectivity index is 1.61. The Kier molecular flexibility index (Phi) is 6.03. The molecule has 2 fully saturated rings. The van der Waals surface area contributed by atoms with E-state index in [0.717, 1.165) is 45.4 Å². The molecule has 0 amide bonds. The van der Waals surface area contributed by atoms with Gasteiger partial charge in [-0.05, 0) is 45.2 Å². The van der Waals surface area contributed by atoms with E-state index in [1.54, 1.807) is 0 Å². The molecule has 0 aromatic heterocycles. The molecule has 1 aliphatic carbocycles. The zero-order chi connectivity index (χ0) is 17.1. The summed E-state index contributed by atoms with van der Waals surface area (Å²) >= 11 is 6.20. The van der Waals surface area contributed by atoms with E-state index in [1.165, 1.54) is 0 Å². The van der Waals surface area contributed by atoms with Gasteiger partial charge >= 0.3 is 0 Å². The van der Waals surface area contributed by atoms with Gasteiger partial charge in [0.05, 0.1) is 5.02 Å². The summed E-state index contributed by atoms with van der Waals surface area (Å²) in [6.07, 6.45) is 2.38. The zero-order valence-corrected chi connectivity index (χ0v) is 15.5. The quantitative estimate of drug-likeness (QED) is 0.903. The van der Waals surface area contributed by atoms with Crippen LogP contribution in [0.1, 0.15) is 33.1 Å². The van der Waals surface area contributed by atoms with Gasteiger partial charge in [-0.25, -0.2) is 0 Å². The van der Waals surface area contributed by atoms with Crippen molar-refractivity contribution in [3.8, 4) is 5.75 Å². The SMILES string of the molecule is CC(C)N1CCN([C@H]2CCC[C@@H](Oc3ccccc3Cl)[C@@H]2O)CC1. The number of para-hydroxylation sites is 1. The average Bonchev–Trinajstić information content (AvgIpc) is 2.59. The Hall–Kier alpha value is -0.810. The third kappa shape index (κ3) is 4.05. The van der Waals surface area contributed by atoms with E-state index in [1.807, 2.05) is 24.3 Å². The molecule has 1 aliphatic heterocycles. The number of aliphatic hydroxyl groups excluding tert-OH is 1. The highest BCUT2D eigenvalue weighted by Gasteiger charge is 2.38. The molecule has 0 bridgehead atoms. The molecule has 1 N–H and O–H groups in total. The molecule has 5 heteroatoms. The van der Waals surface area contributed by atoms with Gasteiger partial charge in [0.1, 0.15) is 18.0 Å². The molecule has 3 atom stereocenters. The minimum atomic E-state index is -0.458. The highest BCUT2D eigenvalue weighted by atomic mass is 35.5. The van der Waals surface area contributed by atoms with E-state index in [0.29, 0.717) is 16.8 Å². The number of hydrogen-bond donors (Lipinski definition) is 1. The fourth-order valence-corrected chi connectivity index (χ4v) is 4.11. The number of halogens is 1. The molecule has 4 nitrogen and oxygen atoms in total. The maximum atomic E-state index is 10.9. The van der Waals surface area contributed by atoms with E-state index in [4.69, 9.17) is 16.3 Å². The lowest BCUT2D eigenvalue weighted by Crippen LogP contribution is -2.58. The van der Waals surface area contributed by atoms with Crippen LogP contribution in [0.15, 0.2) is 24.3 Å². The van der Waals surface area contributed by atoms with Gasteiger partial charge in [-0.1, -0.05) is 23.7 Å². The minimum Gasteiger partial charge on any atom is -0.486 e. The Bertz CT molecular complexity index is 532. The largest absolute Gasteiger partial charge is 0.486 e. The monoisotopic (exact) mass is 352 g/mol. The number of hydrogen-bond acceptors (Lipinski definition) is 4. The van der Waals surface area contributed by atoms with Crippen LogP contribution >= 0.6 is 11.6 Å². The fraction of sp³-hybridized carbons (Fsp3) is 0.684. The van der Waals surface area contributed by atoms with E-state index >= 15 is 0 Å². The van der Waals surface area contributed by atoms with Crippen LogP contribution in [0.2, 0.25) is 5.02 Å². The molecule has 1 saturated carbocycles. The maximum Gasteiger partial charge on any atom is 0.138 e. The summed E-state index contributed by atoms with van der Waals surface area (Å²) in [5.74, 6) is 0.675. The number of rotatable bonds is 4. The normalized spacial score (nSPS) is 29.8. The second-order valence-corrected chi connectivity index (χ2v) is 7.65. The van der Waals surface area contributed by atoms with Crippen molar-refractivity contribution in [3.05, 3.63) is 29.3 Å². The first-order chi connectivity index (χ1) is 11.6. The molecular weight excluding hydrogens is 324 g/mol. The molecule has 1 heterocycles. The molecule has 1 aromatic rings. The van der Waals surface area contributed by atoms with Crippen LogP contribution in [-0.4, -0.2) is 65.4 Å². The van der Waals surface area contributed by atoms with Gasteiger partial charge in [0.2, 0.25) is 0 Å². The predicted octanol–water partition coefficient (Wildman–Crippen LogP) is 3.03. The van der Waals surface area contributed by atoms with E-state index in [9.17, 15) is 5.11 Å². The molecule has 134 valence electrons. The summed E-state index contributed by atoms with van der Waals surface area (Å²) < 4.78 is 6.06. The van der Waals surface area contributed by atoms with Crippen LogP contribution in [0.5, 0.6) is 5.75 Å². The van der Waals surface area contributed by atoms with Crippen molar-refractivity contribution >= 4 is 11.6 Å². The van der Waals surface area contributed by atoms with Crippen molar-refractivity contribution in [1.82, 2.24) is 9.80 Å². The summed E-state index contributed by atoms with van der Waals surface area (Å²) in [5.41, 5.74) is 0. The molecule has 0 unspecified atom stereocenters. The van der Waals surface area contributed by atoms with Crippen molar-refractivity contribution < 1.29 is 9.84 Å². The van der Waals surface area contributed by atoms with Crippen LogP contribution in [0.3, 0.4) is 0 Å². The standard InChI is InChI=1S/C19H29ClN2O2/c1-14(2)21-10-12-22(13-11-21)16-7-5-9-18(19(16)23)24-17-8-4-3-6-15(17)20/h3-4,6,8,14,16,18-19,23H,5,7,9-13H2,1-2H3/t16-,18+,19+/m0/s1. The Morgan fingerprint density at radius 1 is 1.12 bits per heavy atom. The Morgan fingerprint density at radius 2 is 1.83 bits per heavy atom. The highest BCUT2D eigenvalue weighted by Crippen LogP contribution is 2.31. The zero-order valence-electron chi connectivity index (χ0n) is 14.7. The van der Waals surface area contributed by atoms with Crippen molar-refractivity contribution in [3.63, 3.8) is 0 Å². The fourth-order valence-electron chi connectivity index (χ4n) is 3.93. The van der Waals surface area contributed by atoms with Gasteiger partial charge in [0, 0.05) is 38.3 Å². The van der Waals surface area contributed by atoms with Crippen LogP contribution in [0.25, 0.3) is 0 Å². The summed E-state index contributed by atoms with van der Waals surface area (Å²) in [6.45, 7) is 8.71. The number of ether oxygens (including phenoxy) is 1. The minimum absolute atomic E-state index is 0.174. The van der Waals surface area contributed by atoms with E-state index in [2.05, 4.69) is 23.6 Å². The Morgan fingerprint density at radius 3 is 2.50 bits per heavy atom. The second kappa shape index (κ2) is 8.05. The summed E-state index contributed by atoms with van der Waals surface area (Å²) in [5, 5.41) is 11.5. The number of piperazine rings is 1. The third-order valence-corrected chi connectivity index (χ3v) is 5.74. The molecule has 2 aliphatic rings. The molecule has 24 heavy (non-hydrogen) atoms. The van der Waals surface area contributed by atoms with Crippen molar-refractivity contribution in [2.75, 3.05) is 26.2 Å². The first-order valence-corrected chi connectivity index (χ1v) is 9.51. The van der Waals surface area contributed by atoms with Gasteiger partial charge < -0.3 is 9.84 Å². The number of aliphatic hydroxyl groups is 1. The Labute approximate surface area is 150 Å². The number of benzene rings is 1. The summed E-state index contributed by atoms with van der Waals surface area (Å²) in [4.78, 5) is 4.95. The number of nitrogens with zero attached hydrogens (tertiary/aromatic N) is 2. The van der Waals surface area contributed by atoms with Crippen molar-refractivity contribution in [1.29, 1.82) is 0 Å².